The van der Waals surface area contributed by atoms with Crippen LogP contribution in [0.5, 0.6) is 5.75 Å². The summed E-state index contributed by atoms with van der Waals surface area (Å²) in [6.07, 6.45) is 4.50. The van der Waals surface area contributed by atoms with Gasteiger partial charge in [-0.1, -0.05) is 12.1 Å². The van der Waals surface area contributed by atoms with Gasteiger partial charge in [0.2, 0.25) is 5.91 Å². The van der Waals surface area contributed by atoms with Gasteiger partial charge in [0.25, 0.3) is 0 Å². The zero-order valence-corrected chi connectivity index (χ0v) is 15.3. The van der Waals surface area contributed by atoms with E-state index in [2.05, 4.69) is 0 Å². The van der Waals surface area contributed by atoms with Gasteiger partial charge in [-0.15, -0.1) is 0 Å². The smallest absolute Gasteiger partial charge is 0.303 e. The van der Waals surface area contributed by atoms with Gasteiger partial charge in [0.05, 0.1) is 6.61 Å². The topological polar surface area (TPSA) is 83.9 Å². The molecule has 142 valence electrons. The Morgan fingerprint density at radius 1 is 1.23 bits per heavy atom. The first kappa shape index (κ1) is 19.9. The number of carboxylic acid groups (broad SMARTS) is 1. The van der Waals surface area contributed by atoms with Gasteiger partial charge in [0.1, 0.15) is 5.75 Å². The first-order chi connectivity index (χ1) is 12.5. The Kier molecular flexibility index (Phi) is 7.63. The van der Waals surface area contributed by atoms with Crippen molar-refractivity contribution >= 4 is 17.7 Å². The number of carboxylic acids is 1. The van der Waals surface area contributed by atoms with Crippen molar-refractivity contribution in [2.24, 2.45) is 0 Å². The van der Waals surface area contributed by atoms with Crippen LogP contribution in [0.15, 0.2) is 24.3 Å². The molecule has 1 aromatic carbocycles. The third kappa shape index (κ3) is 6.17. The number of nitrogens with zero attached hydrogens (tertiary/aromatic N) is 1. The standard InChI is InChI=1S/C20H27NO5/c1-15(22)16-6-4-8-18(14-16)26-13-5-9-19(23)21-12-3-2-7-17(21)10-11-20(24)25/h4,6,8,14,17H,2-3,5,7,9-13H2,1H3,(H,24,25). The van der Waals surface area contributed by atoms with Crippen molar-refractivity contribution < 1.29 is 24.2 Å². The Morgan fingerprint density at radius 3 is 2.77 bits per heavy atom. The number of ether oxygens (including phenoxy) is 1. The number of carbonyl (C=O) groups excluding carboxylic acids is 2. The molecule has 1 amide bonds. The number of hydrogen-bond acceptors (Lipinski definition) is 4. The first-order valence-electron chi connectivity index (χ1n) is 9.22. The number of likely N-dealkylation sites (tertiary alicyclic amines) is 1. The lowest BCUT2D eigenvalue weighted by Gasteiger charge is -2.35. The van der Waals surface area contributed by atoms with Crippen molar-refractivity contribution in [2.75, 3.05) is 13.2 Å². The molecule has 6 nitrogen and oxygen atoms in total. The largest absolute Gasteiger partial charge is 0.494 e. The number of ketones is 1. The van der Waals surface area contributed by atoms with Crippen LogP contribution in [0.4, 0.5) is 0 Å². The second kappa shape index (κ2) is 9.94. The lowest BCUT2D eigenvalue weighted by molar-refractivity contribution is -0.140. The molecular weight excluding hydrogens is 334 g/mol. The summed E-state index contributed by atoms with van der Waals surface area (Å²) < 4.78 is 5.64. The Bertz CT molecular complexity index is 643. The van der Waals surface area contributed by atoms with E-state index in [-0.39, 0.29) is 24.2 Å². The predicted molar refractivity (Wildman–Crippen MR) is 97.4 cm³/mol. The predicted octanol–water partition coefficient (Wildman–Crippen LogP) is 3.29. The summed E-state index contributed by atoms with van der Waals surface area (Å²) in [6.45, 7) is 2.63. The molecule has 1 aliphatic heterocycles. The minimum Gasteiger partial charge on any atom is -0.494 e. The summed E-state index contributed by atoms with van der Waals surface area (Å²) in [7, 11) is 0. The van der Waals surface area contributed by atoms with E-state index in [1.807, 2.05) is 4.90 Å². The van der Waals surface area contributed by atoms with Crippen LogP contribution in [0.3, 0.4) is 0 Å². The van der Waals surface area contributed by atoms with Gasteiger partial charge in [-0.25, -0.2) is 0 Å². The average molecular weight is 361 g/mol. The fraction of sp³-hybridized carbons (Fsp3) is 0.550. The highest BCUT2D eigenvalue weighted by molar-refractivity contribution is 5.94. The second-order valence-electron chi connectivity index (χ2n) is 6.71. The molecule has 0 aliphatic carbocycles. The summed E-state index contributed by atoms with van der Waals surface area (Å²) in [5.41, 5.74) is 0.605. The molecule has 2 rings (SSSR count). The summed E-state index contributed by atoms with van der Waals surface area (Å²) in [5.74, 6) is -0.129. The maximum absolute atomic E-state index is 12.5. The highest BCUT2D eigenvalue weighted by Crippen LogP contribution is 2.22. The minimum absolute atomic E-state index is 0.0110. The molecule has 1 aromatic rings. The average Bonchev–Trinajstić information content (AvgIpc) is 2.63. The number of Topliss-reactive ketones (excluding diaryl/α,β-unsaturated/α-hetero) is 1. The number of piperidine rings is 1. The van der Waals surface area contributed by atoms with E-state index in [0.717, 1.165) is 19.3 Å². The Balaban J connectivity index is 1.77. The molecule has 1 atom stereocenters. The van der Waals surface area contributed by atoms with Crippen LogP contribution in [0, 0.1) is 0 Å². The zero-order chi connectivity index (χ0) is 18.9. The summed E-state index contributed by atoms with van der Waals surface area (Å²) >= 11 is 0. The first-order valence-corrected chi connectivity index (χ1v) is 9.22. The molecule has 1 heterocycles. The molecule has 6 heteroatoms. The van der Waals surface area contributed by atoms with Gasteiger partial charge in [0, 0.05) is 31.0 Å². The molecule has 0 saturated carbocycles. The molecule has 0 bridgehead atoms. The highest BCUT2D eigenvalue weighted by Gasteiger charge is 2.26. The maximum atomic E-state index is 12.5. The molecule has 0 radical (unpaired) electrons. The number of benzene rings is 1. The number of amides is 1. The summed E-state index contributed by atoms with van der Waals surface area (Å²) in [5, 5.41) is 8.86. The van der Waals surface area contributed by atoms with E-state index in [0.29, 0.717) is 43.7 Å². The quantitative estimate of drug-likeness (QED) is 0.539. The van der Waals surface area contributed by atoms with Crippen LogP contribution >= 0.6 is 0 Å². The number of carbonyl (C=O) groups is 3. The molecule has 0 spiro atoms. The molecule has 0 aromatic heterocycles. The van der Waals surface area contributed by atoms with Gasteiger partial charge in [0.15, 0.2) is 5.78 Å². The van der Waals surface area contributed by atoms with E-state index in [1.165, 1.54) is 6.92 Å². The van der Waals surface area contributed by atoms with Crippen molar-refractivity contribution in [3.63, 3.8) is 0 Å². The molecule has 1 aliphatic rings. The van der Waals surface area contributed by atoms with Gasteiger partial charge in [-0.2, -0.15) is 0 Å². The van der Waals surface area contributed by atoms with E-state index >= 15 is 0 Å². The maximum Gasteiger partial charge on any atom is 0.303 e. The van der Waals surface area contributed by atoms with Crippen LogP contribution < -0.4 is 4.74 Å². The normalized spacial score (nSPS) is 17.0. The Morgan fingerprint density at radius 2 is 2.04 bits per heavy atom. The summed E-state index contributed by atoms with van der Waals surface area (Å²) in [6, 6.07) is 7.06. The van der Waals surface area contributed by atoms with Crippen LogP contribution in [0.25, 0.3) is 0 Å². The SMILES string of the molecule is CC(=O)c1cccc(OCCCC(=O)N2CCCCC2CCC(=O)O)c1. The lowest BCUT2D eigenvalue weighted by Crippen LogP contribution is -2.44. The number of rotatable bonds is 9. The fourth-order valence-corrected chi connectivity index (χ4v) is 3.28. The molecule has 1 N–H and O–H groups in total. The zero-order valence-electron chi connectivity index (χ0n) is 15.3. The number of aliphatic carboxylic acids is 1. The van der Waals surface area contributed by atoms with Crippen molar-refractivity contribution in [1.82, 2.24) is 4.90 Å². The third-order valence-corrected chi connectivity index (χ3v) is 4.68. The molecular formula is C20H27NO5. The van der Waals surface area contributed by atoms with Gasteiger partial charge in [-0.05, 0) is 51.2 Å². The molecule has 1 saturated heterocycles. The van der Waals surface area contributed by atoms with Crippen LogP contribution in [0.2, 0.25) is 0 Å². The number of hydrogen-bond donors (Lipinski definition) is 1. The van der Waals surface area contributed by atoms with E-state index in [4.69, 9.17) is 9.84 Å². The van der Waals surface area contributed by atoms with Crippen LogP contribution in [0.1, 0.15) is 62.2 Å². The summed E-state index contributed by atoms with van der Waals surface area (Å²) in [4.78, 5) is 36.5. The lowest BCUT2D eigenvalue weighted by atomic mass is 9.97. The molecule has 26 heavy (non-hydrogen) atoms. The van der Waals surface area contributed by atoms with Crippen molar-refractivity contribution in [3.8, 4) is 5.75 Å². The van der Waals surface area contributed by atoms with Gasteiger partial charge in [-0.3, -0.25) is 14.4 Å². The Hall–Kier alpha value is -2.37. The van der Waals surface area contributed by atoms with Crippen LogP contribution in [-0.2, 0) is 9.59 Å². The monoisotopic (exact) mass is 361 g/mol. The molecule has 1 fully saturated rings. The van der Waals surface area contributed by atoms with E-state index < -0.39 is 5.97 Å². The van der Waals surface area contributed by atoms with E-state index in [1.54, 1.807) is 24.3 Å². The van der Waals surface area contributed by atoms with E-state index in [9.17, 15) is 14.4 Å². The van der Waals surface area contributed by atoms with Crippen molar-refractivity contribution in [1.29, 1.82) is 0 Å². The van der Waals surface area contributed by atoms with Crippen LogP contribution in [-0.4, -0.2) is 46.9 Å². The highest BCUT2D eigenvalue weighted by atomic mass is 16.5. The minimum atomic E-state index is -0.816. The fourth-order valence-electron chi connectivity index (χ4n) is 3.28. The van der Waals surface area contributed by atoms with Gasteiger partial charge >= 0.3 is 5.97 Å². The third-order valence-electron chi connectivity index (χ3n) is 4.68. The Labute approximate surface area is 154 Å². The van der Waals surface area contributed by atoms with Gasteiger partial charge < -0.3 is 14.7 Å². The second-order valence-corrected chi connectivity index (χ2v) is 6.71. The van der Waals surface area contributed by atoms with Crippen molar-refractivity contribution in [2.45, 2.75) is 57.9 Å². The molecule has 1 unspecified atom stereocenters. The van der Waals surface area contributed by atoms with Crippen molar-refractivity contribution in [3.05, 3.63) is 29.8 Å².